The molecule has 1 aliphatic rings. The van der Waals surface area contributed by atoms with E-state index in [1.807, 2.05) is 19.1 Å². The van der Waals surface area contributed by atoms with Gasteiger partial charge in [-0.2, -0.15) is 0 Å². The highest BCUT2D eigenvalue weighted by atomic mass is 32.2. The molecular formula is C20H33NO3SSi. The van der Waals surface area contributed by atoms with Gasteiger partial charge in [-0.15, -0.1) is 0 Å². The number of aliphatic hydroxyl groups is 1. The Labute approximate surface area is 159 Å². The predicted molar refractivity (Wildman–Crippen MR) is 111 cm³/mol. The Morgan fingerprint density at radius 1 is 1.15 bits per heavy atom. The lowest BCUT2D eigenvalue weighted by Gasteiger charge is -2.36. The molecule has 0 heterocycles. The summed E-state index contributed by atoms with van der Waals surface area (Å²) < 4.78 is 29.2. The van der Waals surface area contributed by atoms with E-state index in [-0.39, 0.29) is 6.61 Å². The molecule has 0 saturated carbocycles. The molecule has 0 bridgehead atoms. The molecule has 26 heavy (non-hydrogen) atoms. The van der Waals surface area contributed by atoms with Crippen molar-refractivity contribution in [2.75, 3.05) is 6.61 Å². The smallest absolute Gasteiger partial charge is 0.241 e. The minimum absolute atomic E-state index is 0.147. The zero-order valence-corrected chi connectivity index (χ0v) is 18.3. The first-order valence-electron chi connectivity index (χ1n) is 9.49. The highest BCUT2D eigenvalue weighted by Gasteiger charge is 2.41. The summed E-state index contributed by atoms with van der Waals surface area (Å²) in [7, 11) is -4.96. The molecule has 0 aromatic heterocycles. The number of rotatable bonds is 9. The molecule has 6 heteroatoms. The molecule has 1 aromatic carbocycles. The van der Waals surface area contributed by atoms with E-state index in [9.17, 15) is 8.42 Å². The standard InChI is InChI=1S/C20H33NO3SSi/c1-17-9-11-19(12-10-17)25(23,24)21-20(13-5-6-15-22)14-7-8-18(20)16-26(2,3)4/h8-12,21-22H,5-7,13-16H2,1-4H3. The number of nitrogens with one attached hydrogen (secondary N) is 1. The van der Waals surface area contributed by atoms with Gasteiger partial charge in [-0.25, -0.2) is 13.1 Å². The lowest BCUT2D eigenvalue weighted by atomic mass is 9.87. The van der Waals surface area contributed by atoms with Crippen molar-refractivity contribution in [1.29, 1.82) is 0 Å². The van der Waals surface area contributed by atoms with Crippen LogP contribution in [0.1, 0.15) is 37.7 Å². The van der Waals surface area contributed by atoms with Crippen LogP contribution in [-0.4, -0.2) is 33.7 Å². The van der Waals surface area contributed by atoms with E-state index in [0.717, 1.165) is 37.3 Å². The maximum absolute atomic E-state index is 13.1. The third kappa shape index (κ3) is 5.52. The minimum atomic E-state index is -3.58. The topological polar surface area (TPSA) is 66.4 Å². The van der Waals surface area contributed by atoms with Gasteiger partial charge in [0.05, 0.1) is 10.4 Å². The second-order valence-electron chi connectivity index (χ2n) is 8.69. The van der Waals surface area contributed by atoms with Crippen LogP contribution in [-0.2, 0) is 10.0 Å². The number of aryl methyl sites for hydroxylation is 1. The van der Waals surface area contributed by atoms with Crippen molar-refractivity contribution < 1.29 is 13.5 Å². The molecule has 4 nitrogen and oxygen atoms in total. The van der Waals surface area contributed by atoms with Crippen LogP contribution >= 0.6 is 0 Å². The second kappa shape index (κ2) is 8.38. The number of hydrogen-bond donors (Lipinski definition) is 2. The average Bonchev–Trinajstić information content (AvgIpc) is 2.88. The first-order chi connectivity index (χ1) is 12.1. The van der Waals surface area contributed by atoms with Gasteiger partial charge in [0.15, 0.2) is 0 Å². The molecule has 146 valence electrons. The summed E-state index contributed by atoms with van der Waals surface area (Å²) in [5, 5.41) is 9.17. The van der Waals surface area contributed by atoms with Gasteiger partial charge in [-0.1, -0.05) is 49.0 Å². The number of hydrogen-bond acceptors (Lipinski definition) is 3. The molecule has 0 saturated heterocycles. The van der Waals surface area contributed by atoms with Gasteiger partial charge in [0.1, 0.15) is 0 Å². The third-order valence-corrected chi connectivity index (χ3v) is 7.96. The maximum Gasteiger partial charge on any atom is 0.241 e. The molecule has 0 fully saturated rings. The van der Waals surface area contributed by atoms with Gasteiger partial charge in [0.2, 0.25) is 10.0 Å². The first kappa shape index (κ1) is 21.3. The summed E-state index contributed by atoms with van der Waals surface area (Å²) >= 11 is 0. The molecule has 0 aliphatic heterocycles. The van der Waals surface area contributed by atoms with E-state index in [2.05, 4.69) is 30.4 Å². The van der Waals surface area contributed by atoms with Gasteiger partial charge in [0, 0.05) is 14.7 Å². The predicted octanol–water partition coefficient (Wildman–Crippen LogP) is 4.23. The van der Waals surface area contributed by atoms with Crippen LogP contribution < -0.4 is 4.72 Å². The normalized spacial score (nSPS) is 21.0. The monoisotopic (exact) mass is 395 g/mol. The minimum Gasteiger partial charge on any atom is -0.396 e. The fourth-order valence-electron chi connectivity index (χ4n) is 3.69. The molecular weight excluding hydrogens is 362 g/mol. The molecule has 2 N–H and O–H groups in total. The largest absolute Gasteiger partial charge is 0.396 e. The highest BCUT2D eigenvalue weighted by molar-refractivity contribution is 7.89. The molecule has 1 atom stereocenters. The van der Waals surface area contributed by atoms with Crippen molar-refractivity contribution in [2.24, 2.45) is 0 Å². The molecule has 0 spiro atoms. The fourth-order valence-corrected chi connectivity index (χ4v) is 6.77. The summed E-state index contributed by atoms with van der Waals surface area (Å²) in [6, 6.07) is 8.02. The fraction of sp³-hybridized carbons (Fsp3) is 0.600. The van der Waals surface area contributed by atoms with Crippen LogP contribution in [0.4, 0.5) is 0 Å². The Balaban J connectivity index is 2.32. The Hall–Kier alpha value is -0.953. The number of unbranched alkanes of at least 4 members (excludes halogenated alkanes) is 1. The van der Waals surface area contributed by atoms with Gasteiger partial charge in [-0.05, 0) is 57.2 Å². The summed E-state index contributed by atoms with van der Waals surface area (Å²) in [5.41, 5.74) is 1.80. The van der Waals surface area contributed by atoms with Gasteiger partial charge < -0.3 is 5.11 Å². The van der Waals surface area contributed by atoms with Crippen molar-refractivity contribution in [3.05, 3.63) is 41.5 Å². The molecule has 2 rings (SSSR count). The Kier molecular flexibility index (Phi) is 6.88. The van der Waals surface area contributed by atoms with Crippen molar-refractivity contribution in [2.45, 2.75) is 75.1 Å². The SMILES string of the molecule is Cc1ccc(S(=O)(=O)NC2(CCCCO)CCC=C2C[Si](C)(C)C)cc1. The van der Waals surface area contributed by atoms with E-state index in [4.69, 9.17) is 5.11 Å². The van der Waals surface area contributed by atoms with E-state index in [1.165, 1.54) is 5.57 Å². The van der Waals surface area contributed by atoms with E-state index in [1.54, 1.807) is 12.1 Å². The summed E-state index contributed by atoms with van der Waals surface area (Å²) in [6.07, 6.45) is 6.23. The van der Waals surface area contributed by atoms with E-state index >= 15 is 0 Å². The number of aliphatic hydroxyl groups excluding tert-OH is 1. The Bertz CT molecular complexity index is 735. The van der Waals surface area contributed by atoms with E-state index in [0.29, 0.717) is 11.3 Å². The van der Waals surface area contributed by atoms with Crippen molar-refractivity contribution in [3.8, 4) is 0 Å². The zero-order chi connectivity index (χ0) is 19.4. The quantitative estimate of drug-likeness (QED) is 0.373. The van der Waals surface area contributed by atoms with Crippen molar-refractivity contribution in [1.82, 2.24) is 4.72 Å². The summed E-state index contributed by atoms with van der Waals surface area (Å²) in [5.74, 6) is 0. The third-order valence-electron chi connectivity index (χ3n) is 4.97. The van der Waals surface area contributed by atoms with Gasteiger partial charge in [0.25, 0.3) is 0 Å². The number of benzene rings is 1. The molecule has 1 aromatic rings. The molecule has 0 radical (unpaired) electrons. The van der Waals surface area contributed by atoms with E-state index < -0.39 is 23.6 Å². The molecule has 0 amide bonds. The second-order valence-corrected chi connectivity index (χ2v) is 15.8. The Morgan fingerprint density at radius 3 is 2.38 bits per heavy atom. The van der Waals surface area contributed by atoms with Crippen LogP contribution in [0.25, 0.3) is 0 Å². The Morgan fingerprint density at radius 2 is 1.81 bits per heavy atom. The molecule has 1 aliphatic carbocycles. The van der Waals surface area contributed by atoms with Crippen molar-refractivity contribution in [3.63, 3.8) is 0 Å². The van der Waals surface area contributed by atoms with Crippen LogP contribution in [0.2, 0.25) is 25.7 Å². The number of sulfonamides is 1. The lowest BCUT2D eigenvalue weighted by molar-refractivity contribution is 0.274. The van der Waals surface area contributed by atoms with Gasteiger partial charge >= 0.3 is 0 Å². The summed E-state index contributed by atoms with van der Waals surface area (Å²) in [4.78, 5) is 0.323. The maximum atomic E-state index is 13.1. The number of allylic oxidation sites excluding steroid dienone is 1. The highest BCUT2D eigenvalue weighted by Crippen LogP contribution is 2.40. The van der Waals surface area contributed by atoms with Crippen LogP contribution in [0.5, 0.6) is 0 Å². The average molecular weight is 396 g/mol. The van der Waals surface area contributed by atoms with Crippen LogP contribution in [0, 0.1) is 6.92 Å². The lowest BCUT2D eigenvalue weighted by Crippen LogP contribution is -2.49. The van der Waals surface area contributed by atoms with Crippen molar-refractivity contribution >= 4 is 18.1 Å². The molecule has 1 unspecified atom stereocenters. The van der Waals surface area contributed by atoms with Crippen LogP contribution in [0.3, 0.4) is 0 Å². The van der Waals surface area contributed by atoms with Gasteiger partial charge in [-0.3, -0.25) is 0 Å². The first-order valence-corrected chi connectivity index (χ1v) is 14.7. The zero-order valence-electron chi connectivity index (χ0n) is 16.5. The summed E-state index contributed by atoms with van der Waals surface area (Å²) in [6.45, 7) is 9.05. The van der Waals surface area contributed by atoms with Crippen LogP contribution in [0.15, 0.2) is 40.8 Å².